The van der Waals surface area contributed by atoms with Gasteiger partial charge in [0.25, 0.3) is 10.0 Å². The molecule has 208 valence electrons. The van der Waals surface area contributed by atoms with E-state index < -0.39 is 28.5 Å². The summed E-state index contributed by atoms with van der Waals surface area (Å²) in [4.78, 5) is 28.2. The Balaban J connectivity index is 2.03. The second kappa shape index (κ2) is 13.7. The normalized spacial score (nSPS) is 12.1. The number of benzene rings is 3. The Morgan fingerprint density at radius 3 is 2.23 bits per heavy atom. The van der Waals surface area contributed by atoms with Gasteiger partial charge < -0.3 is 10.2 Å². The van der Waals surface area contributed by atoms with Crippen molar-refractivity contribution in [3.63, 3.8) is 0 Å². The van der Waals surface area contributed by atoms with Gasteiger partial charge in [0, 0.05) is 27.6 Å². The lowest BCUT2D eigenvalue weighted by molar-refractivity contribution is -0.139. The van der Waals surface area contributed by atoms with Crippen LogP contribution in [0.25, 0.3) is 0 Å². The Hall–Kier alpha value is -2.59. The molecule has 2 amide bonds. The Morgan fingerprint density at radius 1 is 1.00 bits per heavy atom. The summed E-state index contributed by atoms with van der Waals surface area (Å²) in [5.74, 6) is -0.925. The molecular formula is C28H30BrCl2N3O4S. The highest BCUT2D eigenvalue weighted by atomic mass is 79.9. The third-order valence-corrected chi connectivity index (χ3v) is 8.98. The van der Waals surface area contributed by atoms with Crippen molar-refractivity contribution in [2.24, 2.45) is 0 Å². The molecule has 3 aromatic carbocycles. The zero-order valence-electron chi connectivity index (χ0n) is 21.8. The maximum Gasteiger partial charge on any atom is 0.264 e. The van der Waals surface area contributed by atoms with Crippen molar-refractivity contribution in [1.82, 2.24) is 10.2 Å². The molecule has 7 nitrogen and oxygen atoms in total. The van der Waals surface area contributed by atoms with Gasteiger partial charge in [0.1, 0.15) is 12.6 Å². The molecule has 1 unspecified atom stereocenters. The topological polar surface area (TPSA) is 86.8 Å². The van der Waals surface area contributed by atoms with Crippen LogP contribution in [0.4, 0.5) is 5.69 Å². The fourth-order valence-corrected chi connectivity index (χ4v) is 5.93. The molecule has 0 fully saturated rings. The van der Waals surface area contributed by atoms with E-state index in [4.69, 9.17) is 23.2 Å². The van der Waals surface area contributed by atoms with E-state index in [0.29, 0.717) is 27.8 Å². The van der Waals surface area contributed by atoms with Crippen LogP contribution in [0.1, 0.15) is 31.4 Å². The van der Waals surface area contributed by atoms with Crippen LogP contribution in [0.2, 0.25) is 10.0 Å². The molecule has 0 saturated carbocycles. The highest BCUT2D eigenvalue weighted by Gasteiger charge is 2.32. The number of hydrogen-bond acceptors (Lipinski definition) is 4. The Morgan fingerprint density at radius 2 is 1.64 bits per heavy atom. The van der Waals surface area contributed by atoms with Gasteiger partial charge >= 0.3 is 0 Å². The van der Waals surface area contributed by atoms with E-state index in [2.05, 4.69) is 21.2 Å². The highest BCUT2D eigenvalue weighted by Crippen LogP contribution is 2.27. The number of aryl methyl sites for hydroxylation is 1. The summed E-state index contributed by atoms with van der Waals surface area (Å²) in [5, 5.41) is 3.57. The largest absolute Gasteiger partial charge is 0.354 e. The van der Waals surface area contributed by atoms with Crippen molar-refractivity contribution in [1.29, 1.82) is 0 Å². The van der Waals surface area contributed by atoms with Crippen LogP contribution in [0.3, 0.4) is 0 Å². The maximum absolute atomic E-state index is 13.9. The lowest BCUT2D eigenvalue weighted by Gasteiger charge is -2.32. The number of nitrogens with one attached hydrogen (secondary N) is 1. The fourth-order valence-electron chi connectivity index (χ4n) is 3.79. The summed E-state index contributed by atoms with van der Waals surface area (Å²) < 4.78 is 29.4. The molecule has 0 aromatic heterocycles. The van der Waals surface area contributed by atoms with Crippen LogP contribution < -0.4 is 9.62 Å². The summed E-state index contributed by atoms with van der Waals surface area (Å²) in [6.07, 6.45) is 0.724. The highest BCUT2D eigenvalue weighted by molar-refractivity contribution is 9.10. The predicted octanol–water partition coefficient (Wildman–Crippen LogP) is 6.20. The minimum Gasteiger partial charge on any atom is -0.354 e. The summed E-state index contributed by atoms with van der Waals surface area (Å²) in [7, 11) is -4.13. The number of hydrogen-bond donors (Lipinski definition) is 1. The summed E-state index contributed by atoms with van der Waals surface area (Å²) in [6, 6.07) is 17.0. The van der Waals surface area contributed by atoms with E-state index in [1.165, 1.54) is 17.0 Å². The smallest absolute Gasteiger partial charge is 0.264 e. The molecule has 0 aliphatic heterocycles. The molecule has 11 heteroatoms. The third-order valence-electron chi connectivity index (χ3n) is 6.07. The summed E-state index contributed by atoms with van der Waals surface area (Å²) >= 11 is 15.8. The first-order chi connectivity index (χ1) is 18.4. The van der Waals surface area contributed by atoms with Gasteiger partial charge in [-0.2, -0.15) is 0 Å². The molecule has 0 aliphatic carbocycles. The predicted molar refractivity (Wildman–Crippen MR) is 160 cm³/mol. The number of amides is 2. The zero-order chi connectivity index (χ0) is 28.7. The number of anilines is 1. The van der Waals surface area contributed by atoms with E-state index in [9.17, 15) is 18.0 Å². The number of carbonyl (C=O) groups excluding carboxylic acids is 2. The molecule has 0 radical (unpaired) electrons. The SMILES string of the molecule is CCCNC(=O)C(C)N(Cc1ccc(Cl)cc1Cl)C(=O)CN(c1ccc(Br)cc1)S(=O)(=O)c1ccc(C)cc1. The van der Waals surface area contributed by atoms with E-state index >= 15 is 0 Å². The second-order valence-corrected chi connectivity index (χ2v) is 12.6. The van der Waals surface area contributed by atoms with E-state index in [1.54, 1.807) is 61.5 Å². The minimum absolute atomic E-state index is 0.0195. The van der Waals surface area contributed by atoms with E-state index in [-0.39, 0.29) is 17.3 Å². The van der Waals surface area contributed by atoms with E-state index in [1.807, 2.05) is 13.8 Å². The van der Waals surface area contributed by atoms with Crippen LogP contribution in [0.5, 0.6) is 0 Å². The number of halogens is 3. The van der Waals surface area contributed by atoms with Crippen molar-refractivity contribution >= 4 is 66.7 Å². The quantitative estimate of drug-likeness (QED) is 0.267. The van der Waals surface area contributed by atoms with Gasteiger partial charge in [-0.05, 0) is 74.4 Å². The standard InChI is InChI=1S/C28H30BrCl2N3O4S/c1-4-15-32-28(36)20(3)33(17-21-7-10-23(30)16-26(21)31)27(35)18-34(24-11-8-22(29)9-12-24)39(37,38)25-13-5-19(2)6-14-25/h5-14,16,20H,4,15,17-18H2,1-3H3,(H,32,36). The van der Waals surface area contributed by atoms with Crippen molar-refractivity contribution in [2.75, 3.05) is 17.4 Å². The molecule has 0 spiro atoms. The summed E-state index contributed by atoms with van der Waals surface area (Å²) in [6.45, 7) is 5.28. The van der Waals surface area contributed by atoms with Crippen molar-refractivity contribution in [2.45, 2.75) is 44.7 Å². The molecule has 0 heterocycles. The van der Waals surface area contributed by atoms with Crippen molar-refractivity contribution < 1.29 is 18.0 Å². The van der Waals surface area contributed by atoms with Crippen LogP contribution in [-0.2, 0) is 26.2 Å². The Labute approximate surface area is 248 Å². The Kier molecular flexibility index (Phi) is 10.8. The first-order valence-electron chi connectivity index (χ1n) is 12.3. The molecule has 39 heavy (non-hydrogen) atoms. The van der Waals surface area contributed by atoms with Gasteiger partial charge in [-0.15, -0.1) is 0 Å². The van der Waals surface area contributed by atoms with Crippen LogP contribution in [0.15, 0.2) is 76.1 Å². The van der Waals surface area contributed by atoms with E-state index in [0.717, 1.165) is 20.8 Å². The van der Waals surface area contributed by atoms with Gasteiger partial charge in [0.2, 0.25) is 11.8 Å². The fraction of sp³-hybridized carbons (Fsp3) is 0.286. The molecule has 1 N–H and O–H groups in total. The molecule has 0 bridgehead atoms. The zero-order valence-corrected chi connectivity index (χ0v) is 25.7. The van der Waals surface area contributed by atoms with Gasteiger partial charge in [0.15, 0.2) is 0 Å². The van der Waals surface area contributed by atoms with Crippen LogP contribution >= 0.6 is 39.1 Å². The number of sulfonamides is 1. The number of carbonyl (C=O) groups is 2. The van der Waals surface area contributed by atoms with Crippen molar-refractivity contribution in [3.05, 3.63) is 92.4 Å². The summed E-state index contributed by atoms with van der Waals surface area (Å²) in [5.41, 5.74) is 1.78. The van der Waals surface area contributed by atoms with Gasteiger partial charge in [-0.25, -0.2) is 8.42 Å². The van der Waals surface area contributed by atoms with Crippen molar-refractivity contribution in [3.8, 4) is 0 Å². The lowest BCUT2D eigenvalue weighted by Crippen LogP contribution is -2.51. The number of rotatable bonds is 11. The second-order valence-electron chi connectivity index (χ2n) is 9.03. The molecule has 3 rings (SSSR count). The average Bonchev–Trinajstić information content (AvgIpc) is 2.90. The first-order valence-corrected chi connectivity index (χ1v) is 15.3. The molecule has 0 saturated heterocycles. The van der Waals surface area contributed by atoms with Gasteiger partial charge in [-0.1, -0.05) is 69.8 Å². The minimum atomic E-state index is -4.13. The Bertz CT molecular complexity index is 1420. The number of nitrogens with zero attached hydrogens (tertiary/aromatic N) is 2. The van der Waals surface area contributed by atoms with Gasteiger partial charge in [0.05, 0.1) is 10.6 Å². The average molecular weight is 655 g/mol. The molecule has 3 aromatic rings. The maximum atomic E-state index is 13.9. The molecular weight excluding hydrogens is 625 g/mol. The lowest BCUT2D eigenvalue weighted by atomic mass is 10.1. The van der Waals surface area contributed by atoms with Gasteiger partial charge in [-0.3, -0.25) is 13.9 Å². The molecule has 0 aliphatic rings. The third kappa shape index (κ3) is 7.97. The van der Waals surface area contributed by atoms with Crippen LogP contribution in [-0.4, -0.2) is 44.3 Å². The monoisotopic (exact) mass is 653 g/mol. The van der Waals surface area contributed by atoms with Crippen LogP contribution in [0, 0.1) is 6.92 Å². The first kappa shape index (κ1) is 30.9. The molecule has 1 atom stereocenters.